The molecule has 20 heavy (non-hydrogen) atoms. The van der Waals surface area contributed by atoms with Gasteiger partial charge < -0.3 is 16.4 Å². The smallest absolute Gasteiger partial charge is 0.311 e. The summed E-state index contributed by atoms with van der Waals surface area (Å²) in [5, 5.41) is 16.9. The molecule has 0 radical (unpaired) electrons. The van der Waals surface area contributed by atoms with Crippen molar-refractivity contribution in [3.8, 4) is 0 Å². The van der Waals surface area contributed by atoms with Gasteiger partial charge in [0.05, 0.1) is 4.92 Å². The number of hydrogen-bond acceptors (Lipinski definition) is 6. The minimum Gasteiger partial charge on any atom is -0.370 e. The van der Waals surface area contributed by atoms with Crippen LogP contribution in [0.2, 0.25) is 0 Å². The molecule has 1 aromatic heterocycles. The Morgan fingerprint density at radius 2 is 2.25 bits per heavy atom. The predicted molar refractivity (Wildman–Crippen MR) is 76.6 cm³/mol. The number of hydrogen-bond donors (Lipinski definition) is 3. The van der Waals surface area contributed by atoms with Gasteiger partial charge in [-0.2, -0.15) is 0 Å². The molecule has 110 valence electrons. The maximum atomic E-state index is 11.0. The highest BCUT2D eigenvalue weighted by Crippen LogP contribution is 2.24. The van der Waals surface area contributed by atoms with Gasteiger partial charge in [0.2, 0.25) is 11.7 Å². The first-order valence-electron chi connectivity index (χ1n) is 6.38. The van der Waals surface area contributed by atoms with Gasteiger partial charge in [-0.05, 0) is 19.4 Å². The van der Waals surface area contributed by atoms with Gasteiger partial charge in [0.25, 0.3) is 0 Å². The van der Waals surface area contributed by atoms with E-state index in [1.165, 1.54) is 6.07 Å². The van der Waals surface area contributed by atoms with Gasteiger partial charge in [-0.3, -0.25) is 14.9 Å². The molecule has 0 saturated heterocycles. The van der Waals surface area contributed by atoms with Crippen molar-refractivity contribution >= 4 is 23.2 Å². The molecule has 8 nitrogen and oxygen atoms in total. The molecule has 1 amide bonds. The summed E-state index contributed by atoms with van der Waals surface area (Å²) in [6, 6.07) is 2.60. The van der Waals surface area contributed by atoms with Crippen molar-refractivity contribution in [2.24, 2.45) is 5.73 Å². The molecule has 0 fully saturated rings. The van der Waals surface area contributed by atoms with Crippen LogP contribution in [0.1, 0.15) is 26.7 Å². The van der Waals surface area contributed by atoms with Crippen LogP contribution >= 0.6 is 0 Å². The third-order valence-corrected chi connectivity index (χ3v) is 2.52. The zero-order valence-corrected chi connectivity index (χ0v) is 11.5. The number of pyridine rings is 1. The average molecular weight is 281 g/mol. The van der Waals surface area contributed by atoms with E-state index in [4.69, 9.17) is 5.73 Å². The Bertz CT molecular complexity index is 492. The molecule has 1 unspecified atom stereocenters. The highest BCUT2D eigenvalue weighted by molar-refractivity contribution is 5.75. The summed E-state index contributed by atoms with van der Waals surface area (Å²) < 4.78 is 0. The van der Waals surface area contributed by atoms with Crippen LogP contribution in [0, 0.1) is 10.1 Å². The molecule has 8 heteroatoms. The highest BCUT2D eigenvalue weighted by Gasteiger charge is 2.18. The lowest BCUT2D eigenvalue weighted by molar-refractivity contribution is -0.384. The minimum atomic E-state index is -0.518. The third-order valence-electron chi connectivity index (χ3n) is 2.52. The number of primary amides is 1. The largest absolute Gasteiger partial charge is 0.370 e. The summed E-state index contributed by atoms with van der Waals surface area (Å²) in [6.45, 7) is 4.44. The highest BCUT2D eigenvalue weighted by atomic mass is 16.6. The first-order valence-corrected chi connectivity index (χ1v) is 6.38. The van der Waals surface area contributed by atoms with E-state index in [0.29, 0.717) is 5.82 Å². The summed E-state index contributed by atoms with van der Waals surface area (Å²) in [4.78, 5) is 25.5. The fourth-order valence-corrected chi connectivity index (χ4v) is 1.64. The van der Waals surface area contributed by atoms with E-state index in [2.05, 4.69) is 15.6 Å². The van der Waals surface area contributed by atoms with Gasteiger partial charge >= 0.3 is 5.69 Å². The van der Waals surface area contributed by atoms with Crippen molar-refractivity contribution in [3.05, 3.63) is 22.2 Å². The van der Waals surface area contributed by atoms with Crippen LogP contribution in [0.4, 0.5) is 17.3 Å². The van der Waals surface area contributed by atoms with E-state index in [0.717, 1.165) is 13.0 Å². The van der Waals surface area contributed by atoms with E-state index >= 15 is 0 Å². The molecule has 4 N–H and O–H groups in total. The fraction of sp³-hybridized carbons (Fsp3) is 0.500. The van der Waals surface area contributed by atoms with Crippen molar-refractivity contribution in [2.45, 2.75) is 32.7 Å². The summed E-state index contributed by atoms with van der Waals surface area (Å²) >= 11 is 0. The third kappa shape index (κ3) is 4.71. The number of aromatic nitrogens is 1. The normalized spacial score (nSPS) is 11.7. The van der Waals surface area contributed by atoms with E-state index < -0.39 is 10.8 Å². The Morgan fingerprint density at radius 1 is 1.55 bits per heavy atom. The topological polar surface area (TPSA) is 123 Å². The van der Waals surface area contributed by atoms with Crippen LogP contribution in [0.5, 0.6) is 0 Å². The Balaban J connectivity index is 2.93. The van der Waals surface area contributed by atoms with Crippen LogP contribution in [-0.4, -0.2) is 28.4 Å². The fourth-order valence-electron chi connectivity index (χ4n) is 1.64. The summed E-state index contributed by atoms with van der Waals surface area (Å²) in [7, 11) is 0. The van der Waals surface area contributed by atoms with Crippen LogP contribution in [-0.2, 0) is 4.79 Å². The van der Waals surface area contributed by atoms with Crippen molar-refractivity contribution in [3.63, 3.8) is 0 Å². The summed E-state index contributed by atoms with van der Waals surface area (Å²) in [5.41, 5.74) is 4.96. The number of nitrogens with zero attached hydrogens (tertiary/aromatic N) is 2. The summed E-state index contributed by atoms with van der Waals surface area (Å²) in [6.07, 6.45) is 0.991. The van der Waals surface area contributed by atoms with E-state index in [-0.39, 0.29) is 24.0 Å². The number of carbonyl (C=O) groups is 1. The second-order valence-electron chi connectivity index (χ2n) is 4.46. The van der Waals surface area contributed by atoms with E-state index in [1.807, 2.05) is 6.92 Å². The van der Waals surface area contributed by atoms with Crippen molar-refractivity contribution < 1.29 is 9.72 Å². The molecule has 0 aliphatic carbocycles. The molecular formula is C12H19N5O3. The lowest BCUT2D eigenvalue weighted by atomic mass is 10.2. The standard InChI is InChI=1S/C12H19N5O3/c1-3-6-14-11-5-4-9(17(19)20)12(16-11)15-8(2)7-10(13)18/h4-5,8H,3,6-7H2,1-2H3,(H2,13,18)(H2,14,15,16). The Kier molecular flexibility index (Phi) is 5.70. The van der Waals surface area contributed by atoms with E-state index in [9.17, 15) is 14.9 Å². The minimum absolute atomic E-state index is 0.0749. The quantitative estimate of drug-likeness (QED) is 0.490. The maximum Gasteiger partial charge on any atom is 0.311 e. The van der Waals surface area contributed by atoms with Crippen molar-refractivity contribution in [1.29, 1.82) is 0 Å². The molecule has 1 heterocycles. The zero-order valence-electron chi connectivity index (χ0n) is 11.5. The molecule has 0 aliphatic rings. The lowest BCUT2D eigenvalue weighted by Crippen LogP contribution is -2.25. The van der Waals surface area contributed by atoms with Gasteiger partial charge in [-0.15, -0.1) is 0 Å². The second-order valence-corrected chi connectivity index (χ2v) is 4.46. The molecular weight excluding hydrogens is 262 g/mol. The number of anilines is 2. The van der Waals surface area contributed by atoms with Gasteiger partial charge in [-0.25, -0.2) is 4.98 Å². The van der Waals surface area contributed by atoms with Crippen LogP contribution < -0.4 is 16.4 Å². The summed E-state index contributed by atoms with van der Waals surface area (Å²) in [5.74, 6) is 0.198. The number of amides is 1. The molecule has 0 bridgehead atoms. The molecule has 1 atom stereocenters. The van der Waals surface area contributed by atoms with Crippen molar-refractivity contribution in [1.82, 2.24) is 4.98 Å². The zero-order chi connectivity index (χ0) is 15.1. The van der Waals surface area contributed by atoms with Gasteiger partial charge in [0, 0.05) is 25.1 Å². The number of nitrogens with two attached hydrogens (primary N) is 1. The molecule has 0 aliphatic heterocycles. The van der Waals surface area contributed by atoms with Crippen LogP contribution in [0.3, 0.4) is 0 Å². The van der Waals surface area contributed by atoms with Crippen LogP contribution in [0.25, 0.3) is 0 Å². The predicted octanol–water partition coefficient (Wildman–Crippen LogP) is 1.49. The maximum absolute atomic E-state index is 11.0. The van der Waals surface area contributed by atoms with Crippen LogP contribution in [0.15, 0.2) is 12.1 Å². The molecule has 0 saturated carbocycles. The molecule has 0 aromatic carbocycles. The Morgan fingerprint density at radius 3 is 2.80 bits per heavy atom. The lowest BCUT2D eigenvalue weighted by Gasteiger charge is -2.14. The van der Waals surface area contributed by atoms with Gasteiger partial charge in [0.15, 0.2) is 0 Å². The number of nitro groups is 1. The van der Waals surface area contributed by atoms with E-state index in [1.54, 1.807) is 13.0 Å². The second kappa shape index (κ2) is 7.27. The number of carbonyl (C=O) groups excluding carboxylic acids is 1. The Hall–Kier alpha value is -2.38. The molecule has 1 rings (SSSR count). The number of nitrogens with one attached hydrogen (secondary N) is 2. The monoisotopic (exact) mass is 281 g/mol. The first-order chi connectivity index (χ1) is 9.43. The van der Waals surface area contributed by atoms with Crippen molar-refractivity contribution in [2.75, 3.05) is 17.2 Å². The molecule has 1 aromatic rings. The SMILES string of the molecule is CCCNc1ccc([N+](=O)[O-])c(NC(C)CC(N)=O)n1. The average Bonchev–Trinajstić information content (AvgIpc) is 2.35. The Labute approximate surface area is 116 Å². The first kappa shape index (κ1) is 15.7. The van der Waals surface area contributed by atoms with Gasteiger partial charge in [-0.1, -0.05) is 6.92 Å². The number of rotatable bonds is 8. The molecule has 0 spiro atoms. The van der Waals surface area contributed by atoms with Gasteiger partial charge in [0.1, 0.15) is 5.82 Å².